The zero-order chi connectivity index (χ0) is 16.7. The first kappa shape index (κ1) is 17.2. The lowest BCUT2D eigenvalue weighted by Gasteiger charge is -2.20. The molecule has 0 radical (unpaired) electrons. The van der Waals surface area contributed by atoms with Crippen LogP contribution in [0.1, 0.15) is 22.7 Å². The number of aryl methyl sites for hydroxylation is 1. The van der Waals surface area contributed by atoms with Crippen molar-refractivity contribution in [2.24, 2.45) is 0 Å². The van der Waals surface area contributed by atoms with Crippen molar-refractivity contribution in [3.05, 3.63) is 35.2 Å². The Labute approximate surface area is 138 Å². The Balaban J connectivity index is 1.98. The monoisotopic (exact) mass is 337 g/mol. The highest BCUT2D eigenvalue weighted by Crippen LogP contribution is 2.14. The molecule has 23 heavy (non-hydrogen) atoms. The number of nitrogens with one attached hydrogen (secondary N) is 1. The number of hydrogen-bond donors (Lipinski definition) is 1. The summed E-state index contributed by atoms with van der Waals surface area (Å²) in [5.74, 6) is -0.409. The SMILES string of the molecule is COCCCN(CC(=O)Nc1nc(C)cs1)C(=O)c1ccco1. The molecule has 2 aromatic rings. The van der Waals surface area contributed by atoms with Crippen molar-refractivity contribution in [1.29, 1.82) is 0 Å². The van der Waals surface area contributed by atoms with Gasteiger partial charge in [-0.25, -0.2) is 4.98 Å². The van der Waals surface area contributed by atoms with Crippen molar-refractivity contribution in [1.82, 2.24) is 9.88 Å². The number of thiazole rings is 1. The van der Waals surface area contributed by atoms with E-state index in [0.717, 1.165) is 5.69 Å². The maximum absolute atomic E-state index is 12.4. The molecule has 0 fully saturated rings. The molecule has 2 amide bonds. The summed E-state index contributed by atoms with van der Waals surface area (Å²) in [5, 5.41) is 5.07. The first-order valence-corrected chi connectivity index (χ1v) is 8.02. The van der Waals surface area contributed by atoms with Crippen LogP contribution >= 0.6 is 11.3 Å². The van der Waals surface area contributed by atoms with Gasteiger partial charge in [-0.05, 0) is 25.5 Å². The fourth-order valence-electron chi connectivity index (χ4n) is 1.95. The largest absolute Gasteiger partial charge is 0.459 e. The molecule has 0 atom stereocenters. The number of carbonyl (C=O) groups is 2. The highest BCUT2D eigenvalue weighted by molar-refractivity contribution is 7.13. The third-order valence-corrected chi connectivity index (χ3v) is 3.87. The van der Waals surface area contributed by atoms with Crippen molar-refractivity contribution in [3.63, 3.8) is 0 Å². The van der Waals surface area contributed by atoms with Crippen molar-refractivity contribution in [2.75, 3.05) is 32.1 Å². The Kier molecular flexibility index (Phi) is 6.30. The maximum atomic E-state index is 12.4. The van der Waals surface area contributed by atoms with Crippen LogP contribution in [0.3, 0.4) is 0 Å². The number of furan rings is 1. The van der Waals surface area contributed by atoms with Gasteiger partial charge >= 0.3 is 0 Å². The van der Waals surface area contributed by atoms with E-state index in [2.05, 4.69) is 10.3 Å². The molecule has 0 saturated carbocycles. The summed E-state index contributed by atoms with van der Waals surface area (Å²) >= 11 is 1.35. The fourth-order valence-corrected chi connectivity index (χ4v) is 2.66. The average molecular weight is 337 g/mol. The predicted octanol–water partition coefficient (Wildman–Crippen LogP) is 2.16. The van der Waals surface area contributed by atoms with Crippen LogP contribution in [0, 0.1) is 6.92 Å². The lowest BCUT2D eigenvalue weighted by atomic mass is 10.3. The van der Waals surface area contributed by atoms with Crippen LogP contribution in [-0.2, 0) is 9.53 Å². The minimum absolute atomic E-state index is 0.0676. The molecule has 0 aliphatic heterocycles. The van der Waals surface area contributed by atoms with E-state index in [4.69, 9.17) is 9.15 Å². The number of ether oxygens (including phenoxy) is 1. The van der Waals surface area contributed by atoms with Crippen LogP contribution in [0.2, 0.25) is 0 Å². The Bertz CT molecular complexity index is 639. The summed E-state index contributed by atoms with van der Waals surface area (Å²) in [6, 6.07) is 3.22. The van der Waals surface area contributed by atoms with E-state index >= 15 is 0 Å². The van der Waals surface area contributed by atoms with Gasteiger partial charge in [0.05, 0.1) is 12.0 Å². The van der Waals surface area contributed by atoms with Crippen molar-refractivity contribution < 1.29 is 18.7 Å². The third-order valence-electron chi connectivity index (χ3n) is 3.00. The lowest BCUT2D eigenvalue weighted by Crippen LogP contribution is -2.38. The molecule has 2 rings (SSSR count). The molecule has 0 aliphatic rings. The lowest BCUT2D eigenvalue weighted by molar-refractivity contribution is -0.117. The van der Waals surface area contributed by atoms with Gasteiger partial charge < -0.3 is 19.4 Å². The van der Waals surface area contributed by atoms with Gasteiger partial charge in [-0.3, -0.25) is 9.59 Å². The number of carbonyl (C=O) groups excluding carboxylic acids is 2. The standard InChI is InChI=1S/C15H19N3O4S/c1-11-10-23-15(16-11)17-13(19)9-18(6-4-7-21-2)14(20)12-5-3-8-22-12/h3,5,8,10H,4,6-7,9H2,1-2H3,(H,16,17,19). The van der Waals surface area contributed by atoms with E-state index in [9.17, 15) is 9.59 Å². The molecular weight excluding hydrogens is 318 g/mol. The van der Waals surface area contributed by atoms with E-state index in [1.165, 1.54) is 22.5 Å². The van der Waals surface area contributed by atoms with Crippen LogP contribution in [0.15, 0.2) is 28.2 Å². The first-order valence-electron chi connectivity index (χ1n) is 7.14. The molecule has 0 unspecified atom stereocenters. The number of nitrogens with zero attached hydrogens (tertiary/aromatic N) is 2. The number of amides is 2. The highest BCUT2D eigenvalue weighted by atomic mass is 32.1. The molecule has 0 spiro atoms. The van der Waals surface area contributed by atoms with Gasteiger partial charge in [-0.15, -0.1) is 11.3 Å². The molecule has 0 bridgehead atoms. The van der Waals surface area contributed by atoms with E-state index in [1.807, 2.05) is 12.3 Å². The summed E-state index contributed by atoms with van der Waals surface area (Å²) in [6.07, 6.45) is 2.06. The first-order chi connectivity index (χ1) is 11.1. The topological polar surface area (TPSA) is 84.7 Å². The molecule has 0 aliphatic carbocycles. The minimum Gasteiger partial charge on any atom is -0.459 e. The van der Waals surface area contributed by atoms with E-state index in [-0.39, 0.29) is 24.1 Å². The summed E-state index contributed by atoms with van der Waals surface area (Å²) < 4.78 is 10.1. The van der Waals surface area contributed by atoms with Gasteiger partial charge in [-0.1, -0.05) is 0 Å². The van der Waals surface area contributed by atoms with Gasteiger partial charge in [0.25, 0.3) is 5.91 Å². The molecule has 0 aromatic carbocycles. The zero-order valence-electron chi connectivity index (χ0n) is 13.1. The second-order valence-electron chi connectivity index (χ2n) is 4.89. The summed E-state index contributed by atoms with van der Waals surface area (Å²) in [5.41, 5.74) is 0.842. The molecule has 8 heteroatoms. The Morgan fingerprint density at radius 1 is 1.48 bits per heavy atom. The second-order valence-corrected chi connectivity index (χ2v) is 5.75. The van der Waals surface area contributed by atoms with Crippen molar-refractivity contribution in [3.8, 4) is 0 Å². The van der Waals surface area contributed by atoms with Gasteiger partial charge in [0.15, 0.2) is 10.9 Å². The molecular formula is C15H19N3O4S. The molecule has 7 nitrogen and oxygen atoms in total. The quantitative estimate of drug-likeness (QED) is 0.746. The smallest absolute Gasteiger partial charge is 0.290 e. The Hall–Kier alpha value is -2.19. The van der Waals surface area contributed by atoms with Crippen molar-refractivity contribution in [2.45, 2.75) is 13.3 Å². The third kappa shape index (κ3) is 5.19. The Morgan fingerprint density at radius 2 is 2.30 bits per heavy atom. The maximum Gasteiger partial charge on any atom is 0.290 e. The molecule has 2 heterocycles. The van der Waals surface area contributed by atoms with Gasteiger partial charge in [0.2, 0.25) is 5.91 Å². The number of anilines is 1. The molecule has 0 saturated heterocycles. The zero-order valence-corrected chi connectivity index (χ0v) is 13.9. The normalized spacial score (nSPS) is 10.5. The second kappa shape index (κ2) is 8.44. The van der Waals surface area contributed by atoms with E-state index in [1.54, 1.807) is 19.2 Å². The van der Waals surface area contributed by atoms with Crippen LogP contribution in [0.4, 0.5) is 5.13 Å². The molecule has 124 valence electrons. The van der Waals surface area contributed by atoms with Gasteiger partial charge in [-0.2, -0.15) is 0 Å². The summed E-state index contributed by atoms with van der Waals surface area (Å²) in [6.45, 7) is 2.69. The van der Waals surface area contributed by atoms with Gasteiger partial charge in [0.1, 0.15) is 6.54 Å². The van der Waals surface area contributed by atoms with Crippen LogP contribution < -0.4 is 5.32 Å². The molecule has 1 N–H and O–H groups in total. The van der Waals surface area contributed by atoms with E-state index < -0.39 is 0 Å². The highest BCUT2D eigenvalue weighted by Gasteiger charge is 2.21. The molecule has 2 aromatic heterocycles. The summed E-state index contributed by atoms with van der Waals surface area (Å²) in [4.78, 5) is 30.1. The predicted molar refractivity (Wildman–Crippen MR) is 86.6 cm³/mol. The fraction of sp³-hybridized carbons (Fsp3) is 0.400. The number of hydrogen-bond acceptors (Lipinski definition) is 6. The number of methoxy groups -OCH3 is 1. The minimum atomic E-state index is -0.323. The van der Waals surface area contributed by atoms with Crippen LogP contribution in [0.25, 0.3) is 0 Å². The average Bonchev–Trinajstić information content (AvgIpc) is 3.17. The van der Waals surface area contributed by atoms with Crippen molar-refractivity contribution >= 4 is 28.3 Å². The van der Waals surface area contributed by atoms with Crippen LogP contribution in [0.5, 0.6) is 0 Å². The Morgan fingerprint density at radius 3 is 2.91 bits per heavy atom. The van der Waals surface area contributed by atoms with Crippen LogP contribution in [-0.4, -0.2) is 48.5 Å². The van der Waals surface area contributed by atoms with Gasteiger partial charge in [0, 0.05) is 25.6 Å². The number of aromatic nitrogens is 1. The summed E-state index contributed by atoms with van der Waals surface area (Å²) in [7, 11) is 1.59. The number of rotatable bonds is 8. The van der Waals surface area contributed by atoms with E-state index in [0.29, 0.717) is 24.7 Å².